The van der Waals surface area contributed by atoms with Crippen molar-refractivity contribution in [2.24, 2.45) is 0 Å². The second kappa shape index (κ2) is 7.21. The van der Waals surface area contributed by atoms with Crippen LogP contribution < -0.4 is 9.30 Å². The van der Waals surface area contributed by atoms with Gasteiger partial charge in [0.1, 0.15) is 5.75 Å². The van der Waals surface area contributed by atoms with Crippen molar-refractivity contribution in [3.63, 3.8) is 0 Å². The molecule has 3 rings (SSSR count). The summed E-state index contributed by atoms with van der Waals surface area (Å²) in [5.41, 5.74) is 0.729. The Bertz CT molecular complexity index is 601. The molecular weight excluding hydrogens is 274 g/mol. The van der Waals surface area contributed by atoms with Crippen LogP contribution in [-0.2, 0) is 6.54 Å². The van der Waals surface area contributed by atoms with Crippen molar-refractivity contribution in [1.82, 2.24) is 0 Å². The fraction of sp³-hybridized carbons (Fsp3) is 0.368. The van der Waals surface area contributed by atoms with Crippen LogP contribution in [0.3, 0.4) is 0 Å². The molecule has 1 aliphatic rings. The maximum atomic E-state index is 12.3. The molecule has 114 valence electrons. The van der Waals surface area contributed by atoms with Gasteiger partial charge in [0.25, 0.3) is 0 Å². The molecule has 1 aromatic carbocycles. The Morgan fingerprint density at radius 3 is 2.36 bits per heavy atom. The van der Waals surface area contributed by atoms with Gasteiger partial charge < -0.3 is 4.74 Å². The summed E-state index contributed by atoms with van der Waals surface area (Å²) in [6, 6.07) is 13.4. The third-order valence-corrected chi connectivity index (χ3v) is 4.13. The molecule has 1 saturated carbocycles. The number of ketones is 1. The molecule has 3 nitrogen and oxygen atoms in total. The summed E-state index contributed by atoms with van der Waals surface area (Å²) in [5, 5.41) is 0. The minimum atomic E-state index is 0.111. The Morgan fingerprint density at radius 1 is 1.00 bits per heavy atom. The van der Waals surface area contributed by atoms with Crippen molar-refractivity contribution in [2.45, 2.75) is 44.8 Å². The van der Waals surface area contributed by atoms with E-state index >= 15 is 0 Å². The summed E-state index contributed by atoms with van der Waals surface area (Å²) >= 11 is 0. The maximum absolute atomic E-state index is 12.3. The largest absolute Gasteiger partial charge is 0.490 e. The van der Waals surface area contributed by atoms with Gasteiger partial charge in [0.05, 0.1) is 6.10 Å². The second-order valence-electron chi connectivity index (χ2n) is 5.87. The third kappa shape index (κ3) is 3.94. The molecule has 0 spiro atoms. The minimum Gasteiger partial charge on any atom is -0.490 e. The van der Waals surface area contributed by atoms with Crippen LogP contribution in [-0.4, -0.2) is 11.9 Å². The zero-order chi connectivity index (χ0) is 15.2. The average molecular weight is 296 g/mol. The zero-order valence-electron chi connectivity index (χ0n) is 12.8. The van der Waals surface area contributed by atoms with Gasteiger partial charge in [-0.1, -0.05) is 12.5 Å². The van der Waals surface area contributed by atoms with E-state index in [1.54, 1.807) is 0 Å². The number of rotatable bonds is 5. The normalized spacial score (nSPS) is 15.5. The van der Waals surface area contributed by atoms with E-state index in [1.165, 1.54) is 19.3 Å². The third-order valence-electron chi connectivity index (χ3n) is 4.13. The number of aromatic nitrogens is 1. The van der Waals surface area contributed by atoms with E-state index in [0.717, 1.165) is 24.2 Å². The number of carbonyl (C=O) groups excluding carboxylic acids is 1. The molecule has 0 unspecified atom stereocenters. The summed E-state index contributed by atoms with van der Waals surface area (Å²) in [4.78, 5) is 12.3. The number of nitrogens with zero attached hydrogens (tertiary/aromatic N) is 1. The van der Waals surface area contributed by atoms with Crippen LogP contribution in [0, 0.1) is 0 Å². The lowest BCUT2D eigenvalue weighted by Crippen LogP contribution is -2.36. The highest BCUT2D eigenvalue weighted by Crippen LogP contribution is 2.23. The molecular formula is C19H22NO2+. The lowest BCUT2D eigenvalue weighted by Gasteiger charge is -2.22. The van der Waals surface area contributed by atoms with Crippen LogP contribution >= 0.6 is 0 Å². The van der Waals surface area contributed by atoms with Crippen molar-refractivity contribution in [1.29, 1.82) is 0 Å². The van der Waals surface area contributed by atoms with Crippen LogP contribution in [0.1, 0.15) is 42.5 Å². The molecule has 0 aliphatic heterocycles. The van der Waals surface area contributed by atoms with E-state index in [4.69, 9.17) is 4.74 Å². The molecule has 0 atom stereocenters. The molecule has 1 heterocycles. The van der Waals surface area contributed by atoms with Crippen LogP contribution in [0.2, 0.25) is 0 Å². The number of hydrogen-bond donors (Lipinski definition) is 0. The Hall–Kier alpha value is -2.16. The van der Waals surface area contributed by atoms with Crippen molar-refractivity contribution in [2.75, 3.05) is 0 Å². The number of ether oxygens (including phenoxy) is 1. The monoisotopic (exact) mass is 296 g/mol. The molecule has 0 saturated heterocycles. The molecule has 0 radical (unpaired) electrons. The molecule has 1 aliphatic carbocycles. The number of Topliss-reactive ketones (excluding diaryl/α,β-unsaturated/α-hetero) is 1. The smallest absolute Gasteiger partial charge is 0.227 e. The molecule has 22 heavy (non-hydrogen) atoms. The molecule has 0 N–H and O–H groups in total. The first-order valence-corrected chi connectivity index (χ1v) is 8.05. The highest BCUT2D eigenvalue weighted by Gasteiger charge is 2.15. The minimum absolute atomic E-state index is 0.111. The quantitative estimate of drug-likeness (QED) is 0.624. The first kappa shape index (κ1) is 14.8. The van der Waals surface area contributed by atoms with Crippen LogP contribution in [0.5, 0.6) is 5.75 Å². The average Bonchev–Trinajstić information content (AvgIpc) is 2.57. The lowest BCUT2D eigenvalue weighted by atomic mass is 9.98. The number of pyridine rings is 1. The van der Waals surface area contributed by atoms with Crippen molar-refractivity contribution in [3.8, 4) is 5.75 Å². The second-order valence-corrected chi connectivity index (χ2v) is 5.87. The fourth-order valence-corrected chi connectivity index (χ4v) is 2.89. The lowest BCUT2D eigenvalue weighted by molar-refractivity contribution is -0.683. The maximum Gasteiger partial charge on any atom is 0.227 e. The van der Waals surface area contributed by atoms with Crippen LogP contribution in [0.15, 0.2) is 54.9 Å². The standard InChI is InChI=1S/C19H22NO2/c21-19(15-20-13-5-2-6-14-20)16-9-11-18(12-10-16)22-17-7-3-1-4-8-17/h2,5-6,9-14,17H,1,3-4,7-8,15H2/q+1. The van der Waals surface area contributed by atoms with Gasteiger partial charge in [0.15, 0.2) is 12.4 Å². The van der Waals surface area contributed by atoms with E-state index in [0.29, 0.717) is 12.6 Å². The van der Waals surface area contributed by atoms with Gasteiger partial charge in [-0.2, -0.15) is 4.57 Å². The Labute approximate surface area is 131 Å². The van der Waals surface area contributed by atoms with E-state index in [9.17, 15) is 4.79 Å². The highest BCUT2D eigenvalue weighted by molar-refractivity contribution is 5.95. The van der Waals surface area contributed by atoms with Crippen LogP contribution in [0.25, 0.3) is 0 Å². The van der Waals surface area contributed by atoms with Gasteiger partial charge in [-0.05, 0) is 49.9 Å². The summed E-state index contributed by atoms with van der Waals surface area (Å²) < 4.78 is 7.88. The zero-order valence-corrected chi connectivity index (χ0v) is 12.8. The molecule has 3 heteroatoms. The number of carbonyl (C=O) groups is 1. The SMILES string of the molecule is O=C(C[n+]1ccccc1)c1ccc(OC2CCCCC2)cc1. The predicted octanol–water partition coefficient (Wildman–Crippen LogP) is 3.57. The fourth-order valence-electron chi connectivity index (χ4n) is 2.89. The molecule has 0 bridgehead atoms. The Kier molecular flexibility index (Phi) is 4.84. The molecule has 2 aromatic rings. The van der Waals surface area contributed by atoms with E-state index in [2.05, 4.69) is 0 Å². The van der Waals surface area contributed by atoms with E-state index < -0.39 is 0 Å². The molecule has 0 amide bonds. The van der Waals surface area contributed by atoms with Gasteiger partial charge in [0, 0.05) is 17.7 Å². The highest BCUT2D eigenvalue weighted by atomic mass is 16.5. The Balaban J connectivity index is 1.59. The van der Waals surface area contributed by atoms with E-state index in [-0.39, 0.29) is 5.78 Å². The summed E-state index contributed by atoms with van der Waals surface area (Å²) in [7, 11) is 0. The van der Waals surface area contributed by atoms with Gasteiger partial charge in [-0.3, -0.25) is 4.79 Å². The first-order chi connectivity index (χ1) is 10.8. The van der Waals surface area contributed by atoms with Gasteiger partial charge >= 0.3 is 0 Å². The predicted molar refractivity (Wildman–Crippen MR) is 84.9 cm³/mol. The Morgan fingerprint density at radius 2 is 1.68 bits per heavy atom. The van der Waals surface area contributed by atoms with Crippen molar-refractivity contribution < 1.29 is 14.1 Å². The summed E-state index contributed by atoms with van der Waals surface area (Å²) in [6.07, 6.45) is 10.3. The molecule has 1 fully saturated rings. The first-order valence-electron chi connectivity index (χ1n) is 8.05. The summed E-state index contributed by atoms with van der Waals surface area (Å²) in [6.45, 7) is 0.365. The number of benzene rings is 1. The van der Waals surface area contributed by atoms with Gasteiger partial charge in [0.2, 0.25) is 12.3 Å². The van der Waals surface area contributed by atoms with Crippen molar-refractivity contribution in [3.05, 3.63) is 60.4 Å². The van der Waals surface area contributed by atoms with E-state index in [1.807, 2.05) is 59.4 Å². The van der Waals surface area contributed by atoms with Crippen LogP contribution in [0.4, 0.5) is 0 Å². The topological polar surface area (TPSA) is 30.2 Å². The van der Waals surface area contributed by atoms with Gasteiger partial charge in [-0.25, -0.2) is 0 Å². The molecule has 1 aromatic heterocycles. The van der Waals surface area contributed by atoms with Crippen molar-refractivity contribution >= 4 is 5.78 Å². The summed E-state index contributed by atoms with van der Waals surface area (Å²) in [5.74, 6) is 0.983. The number of hydrogen-bond acceptors (Lipinski definition) is 2. The van der Waals surface area contributed by atoms with Gasteiger partial charge in [-0.15, -0.1) is 0 Å².